The SMILES string of the molecule is CCO[P+](O)(OCC)[Si](C)(C)C. The highest BCUT2D eigenvalue weighted by atomic mass is 31.5. The lowest BCUT2D eigenvalue weighted by Gasteiger charge is -2.25. The lowest BCUT2D eigenvalue weighted by Crippen LogP contribution is -2.29. The average Bonchev–Trinajstić information content (AvgIpc) is 1.86. The van der Waals surface area contributed by atoms with Gasteiger partial charge in [-0.15, -0.1) is 0 Å². The van der Waals surface area contributed by atoms with E-state index in [-0.39, 0.29) is 0 Å². The predicted molar refractivity (Wildman–Crippen MR) is 55.7 cm³/mol. The summed E-state index contributed by atoms with van der Waals surface area (Å²) in [5.74, 6) is 0. The largest absolute Gasteiger partial charge is 0.351 e. The Labute approximate surface area is 76.5 Å². The molecule has 0 aromatic heterocycles. The quantitative estimate of drug-likeness (QED) is 0.561. The first-order valence-electron chi connectivity index (χ1n) is 4.28. The minimum absolute atomic E-state index is 0.522. The van der Waals surface area contributed by atoms with Crippen LogP contribution in [0.5, 0.6) is 0 Å². The molecule has 0 aromatic carbocycles. The van der Waals surface area contributed by atoms with E-state index in [0.717, 1.165) is 0 Å². The van der Waals surface area contributed by atoms with E-state index >= 15 is 0 Å². The van der Waals surface area contributed by atoms with Gasteiger partial charge in [0.1, 0.15) is 0 Å². The van der Waals surface area contributed by atoms with Crippen molar-refractivity contribution in [2.24, 2.45) is 0 Å². The number of hydrogen-bond donors (Lipinski definition) is 1. The molecule has 1 N–H and O–H groups in total. The van der Waals surface area contributed by atoms with Crippen molar-refractivity contribution < 1.29 is 13.9 Å². The van der Waals surface area contributed by atoms with Crippen LogP contribution in [0.4, 0.5) is 0 Å². The zero-order valence-electron chi connectivity index (χ0n) is 8.63. The van der Waals surface area contributed by atoms with Gasteiger partial charge in [0, 0.05) is 0 Å². The topological polar surface area (TPSA) is 38.7 Å². The van der Waals surface area contributed by atoms with E-state index in [2.05, 4.69) is 19.6 Å². The van der Waals surface area contributed by atoms with Crippen LogP contribution in [0.1, 0.15) is 13.8 Å². The lowest BCUT2D eigenvalue weighted by molar-refractivity contribution is 0.204. The van der Waals surface area contributed by atoms with Crippen molar-refractivity contribution in [3.63, 3.8) is 0 Å². The zero-order chi connectivity index (χ0) is 9.83. The van der Waals surface area contributed by atoms with Crippen molar-refractivity contribution in [1.82, 2.24) is 0 Å². The molecule has 0 bridgehead atoms. The van der Waals surface area contributed by atoms with E-state index < -0.39 is 15.2 Å². The Morgan fingerprint density at radius 2 is 1.42 bits per heavy atom. The minimum atomic E-state index is -2.51. The van der Waals surface area contributed by atoms with Crippen LogP contribution in [-0.2, 0) is 9.05 Å². The maximum absolute atomic E-state index is 10.1. The first-order chi connectivity index (χ1) is 5.37. The Bertz CT molecular complexity index is 129. The molecule has 0 heterocycles. The molecule has 12 heavy (non-hydrogen) atoms. The summed E-state index contributed by atoms with van der Waals surface area (Å²) >= 11 is 0. The minimum Gasteiger partial charge on any atom is -0.205 e. The molecule has 0 saturated carbocycles. The fourth-order valence-electron chi connectivity index (χ4n) is 0.775. The molecule has 0 aliphatic rings. The Hall–Kier alpha value is 0.527. The van der Waals surface area contributed by atoms with Gasteiger partial charge >= 0.3 is 15.2 Å². The third-order valence-electron chi connectivity index (χ3n) is 1.46. The summed E-state index contributed by atoms with van der Waals surface area (Å²) in [4.78, 5) is 10.1. The van der Waals surface area contributed by atoms with Gasteiger partial charge in [-0.3, -0.25) is 0 Å². The Morgan fingerprint density at radius 3 is 1.58 bits per heavy atom. The third kappa shape index (κ3) is 3.11. The monoisotopic (exact) mass is 211 g/mol. The number of hydrogen-bond acceptors (Lipinski definition) is 3. The van der Waals surface area contributed by atoms with Gasteiger partial charge in [-0.05, 0) is 33.5 Å². The van der Waals surface area contributed by atoms with Crippen molar-refractivity contribution >= 4 is 15.2 Å². The summed E-state index contributed by atoms with van der Waals surface area (Å²) in [6, 6.07) is 0. The van der Waals surface area contributed by atoms with Crippen LogP contribution in [0.15, 0.2) is 0 Å². The smallest absolute Gasteiger partial charge is 0.205 e. The highest BCUT2D eigenvalue weighted by molar-refractivity contribution is 7.97. The molecule has 0 aromatic rings. The molecule has 0 atom stereocenters. The first-order valence-corrected chi connectivity index (χ1v) is 10.2. The summed E-state index contributed by atoms with van der Waals surface area (Å²) in [5, 5.41) is 0. The molecule has 0 rings (SSSR count). The molecule has 0 unspecified atom stereocenters. The predicted octanol–water partition coefficient (Wildman–Crippen LogP) is 2.65. The van der Waals surface area contributed by atoms with Gasteiger partial charge in [-0.1, -0.05) is 0 Å². The van der Waals surface area contributed by atoms with Gasteiger partial charge in [0.05, 0.1) is 13.2 Å². The van der Waals surface area contributed by atoms with E-state index in [0.29, 0.717) is 13.2 Å². The third-order valence-corrected chi connectivity index (χ3v) is 10.2. The Morgan fingerprint density at radius 1 is 1.08 bits per heavy atom. The maximum atomic E-state index is 10.1. The van der Waals surface area contributed by atoms with Crippen molar-refractivity contribution in [3.05, 3.63) is 0 Å². The van der Waals surface area contributed by atoms with E-state index in [1.54, 1.807) is 0 Å². The second-order valence-corrected chi connectivity index (χ2v) is 15.1. The summed E-state index contributed by atoms with van der Waals surface area (Å²) in [5.41, 5.74) is 0. The Balaban J connectivity index is 4.38. The highest BCUT2D eigenvalue weighted by Crippen LogP contribution is 2.64. The van der Waals surface area contributed by atoms with Crippen LogP contribution in [-0.4, -0.2) is 25.8 Å². The summed E-state index contributed by atoms with van der Waals surface area (Å²) in [6.07, 6.45) is 0. The highest BCUT2D eigenvalue weighted by Gasteiger charge is 2.55. The lowest BCUT2D eigenvalue weighted by atomic mass is 10.9. The molecule has 0 spiro atoms. The maximum Gasteiger partial charge on any atom is 0.351 e. The molecule has 0 aliphatic carbocycles. The fraction of sp³-hybridized carbons (Fsp3) is 1.00. The second-order valence-electron chi connectivity index (χ2n) is 3.53. The van der Waals surface area contributed by atoms with Crippen molar-refractivity contribution in [2.45, 2.75) is 33.5 Å². The van der Waals surface area contributed by atoms with Crippen LogP contribution < -0.4 is 0 Å². The van der Waals surface area contributed by atoms with E-state index in [9.17, 15) is 4.89 Å². The van der Waals surface area contributed by atoms with Gasteiger partial charge in [-0.2, -0.15) is 9.05 Å². The van der Waals surface area contributed by atoms with E-state index in [1.165, 1.54) is 0 Å². The van der Waals surface area contributed by atoms with Crippen LogP contribution in [0.2, 0.25) is 19.6 Å². The van der Waals surface area contributed by atoms with Crippen molar-refractivity contribution in [3.8, 4) is 0 Å². The van der Waals surface area contributed by atoms with Gasteiger partial charge in [0.2, 0.25) is 0 Å². The molecular weight excluding hydrogens is 191 g/mol. The van der Waals surface area contributed by atoms with Crippen molar-refractivity contribution in [2.75, 3.05) is 13.2 Å². The molecule has 5 heteroatoms. The molecule has 3 nitrogen and oxygen atoms in total. The molecular formula is C7H20O3PSi+. The summed E-state index contributed by atoms with van der Waals surface area (Å²) in [6.45, 7) is 11.0. The summed E-state index contributed by atoms with van der Waals surface area (Å²) < 4.78 is 10.7. The molecule has 0 amide bonds. The van der Waals surface area contributed by atoms with Gasteiger partial charge in [0.15, 0.2) is 0 Å². The van der Waals surface area contributed by atoms with Gasteiger partial charge < -0.3 is 0 Å². The molecule has 0 fully saturated rings. The van der Waals surface area contributed by atoms with Crippen LogP contribution >= 0.6 is 7.49 Å². The molecule has 0 radical (unpaired) electrons. The van der Waals surface area contributed by atoms with E-state index in [1.807, 2.05) is 13.8 Å². The standard InChI is InChI=1S/C7H20O3PSi/c1-6-9-11(8,10-7-2)12(3,4)5/h8H,6-7H2,1-5H3/q+1. The molecule has 0 aliphatic heterocycles. The number of rotatable bonds is 5. The Kier molecular flexibility index (Phi) is 4.88. The second kappa shape index (κ2) is 4.68. The average molecular weight is 211 g/mol. The molecule has 74 valence electrons. The zero-order valence-corrected chi connectivity index (χ0v) is 10.5. The van der Waals surface area contributed by atoms with E-state index in [4.69, 9.17) is 9.05 Å². The van der Waals surface area contributed by atoms with Gasteiger partial charge in [0.25, 0.3) is 0 Å². The van der Waals surface area contributed by atoms with Crippen LogP contribution in [0.25, 0.3) is 0 Å². The van der Waals surface area contributed by atoms with Crippen LogP contribution in [0, 0.1) is 0 Å². The van der Waals surface area contributed by atoms with Crippen molar-refractivity contribution in [1.29, 1.82) is 0 Å². The summed E-state index contributed by atoms with van der Waals surface area (Å²) in [7, 11) is -4.24. The molecule has 0 saturated heterocycles. The van der Waals surface area contributed by atoms with Crippen LogP contribution in [0.3, 0.4) is 0 Å². The van der Waals surface area contributed by atoms with Gasteiger partial charge in [-0.25, -0.2) is 4.89 Å². The normalized spacial score (nSPS) is 13.5. The first kappa shape index (κ1) is 12.5. The fourth-order valence-corrected chi connectivity index (χ4v) is 5.42.